The lowest BCUT2D eigenvalue weighted by molar-refractivity contribution is 0.433. The van der Waals surface area contributed by atoms with Crippen molar-refractivity contribution in [1.29, 1.82) is 0 Å². The number of nitrogens with zero attached hydrogens (tertiary/aromatic N) is 2. The Balaban J connectivity index is 2.27. The molecule has 1 N–H and O–H groups in total. The molecule has 1 saturated heterocycles. The van der Waals surface area contributed by atoms with E-state index in [1.54, 1.807) is 0 Å². The van der Waals surface area contributed by atoms with E-state index in [-0.39, 0.29) is 11.3 Å². The molecule has 1 aliphatic heterocycles. The van der Waals surface area contributed by atoms with E-state index in [0.717, 1.165) is 41.7 Å². The van der Waals surface area contributed by atoms with Crippen molar-refractivity contribution in [1.82, 2.24) is 15.1 Å². The molecule has 1 aromatic heterocycles. The number of nitrogens with one attached hydrogen (secondary N) is 1. The molecular formula is C14H24BrN3O2S. The Labute approximate surface area is 135 Å². The van der Waals surface area contributed by atoms with Crippen LogP contribution in [-0.2, 0) is 23.3 Å². The maximum absolute atomic E-state index is 12.4. The quantitative estimate of drug-likeness (QED) is 0.851. The summed E-state index contributed by atoms with van der Waals surface area (Å²) < 4.78 is 27.6. The Kier molecular flexibility index (Phi) is 5.48. The molecule has 0 spiro atoms. The van der Waals surface area contributed by atoms with Gasteiger partial charge in [-0.3, -0.25) is 4.68 Å². The maximum atomic E-state index is 12.4. The van der Waals surface area contributed by atoms with Crippen molar-refractivity contribution < 1.29 is 8.42 Å². The van der Waals surface area contributed by atoms with Crippen molar-refractivity contribution in [3.05, 3.63) is 15.9 Å². The molecular weight excluding hydrogens is 354 g/mol. The first-order valence-electron chi connectivity index (χ1n) is 7.49. The second-order valence-electron chi connectivity index (χ2n) is 5.74. The van der Waals surface area contributed by atoms with E-state index in [0.29, 0.717) is 12.2 Å². The van der Waals surface area contributed by atoms with Gasteiger partial charge < -0.3 is 5.32 Å². The molecule has 0 bridgehead atoms. The first-order valence-corrected chi connectivity index (χ1v) is 10.0. The number of halogens is 1. The topological polar surface area (TPSA) is 64.0 Å². The second kappa shape index (κ2) is 6.79. The van der Waals surface area contributed by atoms with Gasteiger partial charge >= 0.3 is 0 Å². The molecule has 21 heavy (non-hydrogen) atoms. The fourth-order valence-electron chi connectivity index (χ4n) is 3.14. The molecule has 2 unspecified atom stereocenters. The summed E-state index contributed by atoms with van der Waals surface area (Å²) in [5.74, 6) is 0.325. The average Bonchev–Trinajstić information content (AvgIpc) is 2.64. The molecule has 1 aromatic rings. The number of rotatable bonds is 5. The van der Waals surface area contributed by atoms with Gasteiger partial charge in [-0.15, -0.1) is 0 Å². The minimum absolute atomic E-state index is 0.0496. The number of hydrogen-bond donors (Lipinski definition) is 1. The molecule has 0 aromatic carbocycles. The van der Waals surface area contributed by atoms with Crippen molar-refractivity contribution in [2.75, 3.05) is 12.3 Å². The zero-order chi connectivity index (χ0) is 15.6. The lowest BCUT2D eigenvalue weighted by atomic mass is 10.0. The molecule has 1 fully saturated rings. The van der Waals surface area contributed by atoms with Gasteiger partial charge in [-0.1, -0.05) is 13.3 Å². The van der Waals surface area contributed by atoms with E-state index >= 15 is 0 Å². The summed E-state index contributed by atoms with van der Waals surface area (Å²) in [6.45, 7) is 4.74. The zero-order valence-corrected chi connectivity index (χ0v) is 15.3. The number of aryl methyl sites for hydroxylation is 2. The number of sulfone groups is 1. The Hall–Kier alpha value is -0.400. The Bertz CT molecular complexity index is 598. The third kappa shape index (κ3) is 3.68. The molecule has 1 aliphatic rings. The SMILES string of the molecule is CCNC(Cc1c(Br)c(C)nn1C)C1CCCCS1(=O)=O. The number of hydrogen-bond acceptors (Lipinski definition) is 4. The molecule has 0 saturated carbocycles. The van der Waals surface area contributed by atoms with Crippen LogP contribution in [0.1, 0.15) is 37.6 Å². The van der Waals surface area contributed by atoms with Crippen molar-refractivity contribution >= 4 is 25.8 Å². The van der Waals surface area contributed by atoms with Crippen LogP contribution >= 0.6 is 15.9 Å². The summed E-state index contributed by atoms with van der Waals surface area (Å²) in [6.07, 6.45) is 3.23. The predicted octanol–water partition coefficient (Wildman–Crippen LogP) is 1.98. The summed E-state index contributed by atoms with van der Waals surface area (Å²) >= 11 is 3.57. The van der Waals surface area contributed by atoms with Crippen LogP contribution in [0.3, 0.4) is 0 Å². The summed E-state index contributed by atoms with van der Waals surface area (Å²) in [5.41, 5.74) is 1.99. The van der Waals surface area contributed by atoms with Crippen molar-refractivity contribution in [2.45, 2.75) is 50.8 Å². The minimum Gasteiger partial charge on any atom is -0.313 e. The van der Waals surface area contributed by atoms with Gasteiger partial charge in [0.15, 0.2) is 9.84 Å². The molecule has 2 atom stereocenters. The smallest absolute Gasteiger partial charge is 0.154 e. The fraction of sp³-hybridized carbons (Fsp3) is 0.786. The Morgan fingerprint density at radius 1 is 1.48 bits per heavy atom. The van der Waals surface area contributed by atoms with Crippen LogP contribution in [0.25, 0.3) is 0 Å². The van der Waals surface area contributed by atoms with Gasteiger partial charge in [0.05, 0.1) is 26.9 Å². The lowest BCUT2D eigenvalue weighted by Gasteiger charge is -2.30. The van der Waals surface area contributed by atoms with E-state index in [2.05, 4.69) is 26.3 Å². The monoisotopic (exact) mass is 377 g/mol. The summed E-state index contributed by atoms with van der Waals surface area (Å²) in [7, 11) is -1.08. The van der Waals surface area contributed by atoms with Crippen LogP contribution in [0, 0.1) is 6.92 Å². The van der Waals surface area contributed by atoms with Crippen LogP contribution in [-0.4, -0.2) is 41.8 Å². The van der Waals surface area contributed by atoms with Crippen LogP contribution in [0.2, 0.25) is 0 Å². The maximum Gasteiger partial charge on any atom is 0.154 e. The molecule has 2 rings (SSSR count). The van der Waals surface area contributed by atoms with Crippen molar-refractivity contribution in [2.24, 2.45) is 7.05 Å². The summed E-state index contributed by atoms with van der Waals surface area (Å²) in [5, 5.41) is 7.49. The second-order valence-corrected chi connectivity index (χ2v) is 8.87. The van der Waals surface area contributed by atoms with Crippen molar-refractivity contribution in [3.8, 4) is 0 Å². The van der Waals surface area contributed by atoms with Gasteiger partial charge in [-0.2, -0.15) is 5.10 Å². The summed E-state index contributed by atoms with van der Waals surface area (Å²) in [6, 6.07) is -0.0496. The average molecular weight is 378 g/mol. The molecule has 0 aliphatic carbocycles. The van der Waals surface area contributed by atoms with Crippen LogP contribution in [0.15, 0.2) is 4.47 Å². The lowest BCUT2D eigenvalue weighted by Crippen LogP contribution is -2.48. The third-order valence-corrected chi connectivity index (χ3v) is 7.59. The zero-order valence-electron chi connectivity index (χ0n) is 12.9. The standard InChI is InChI=1S/C14H24BrN3O2S/c1-4-16-11(13-7-5-6-8-21(13,19)20)9-12-14(15)10(2)17-18(12)3/h11,13,16H,4-9H2,1-3H3. The largest absolute Gasteiger partial charge is 0.313 e. The molecule has 0 radical (unpaired) electrons. The highest BCUT2D eigenvalue weighted by molar-refractivity contribution is 9.10. The van der Waals surface area contributed by atoms with Gasteiger partial charge in [0, 0.05) is 19.5 Å². The first kappa shape index (κ1) is 17.0. The van der Waals surface area contributed by atoms with Crippen molar-refractivity contribution in [3.63, 3.8) is 0 Å². The van der Waals surface area contributed by atoms with Gasteiger partial charge in [0.25, 0.3) is 0 Å². The van der Waals surface area contributed by atoms with E-state index in [4.69, 9.17) is 0 Å². The highest BCUT2D eigenvalue weighted by Crippen LogP contribution is 2.27. The third-order valence-electron chi connectivity index (χ3n) is 4.22. The van der Waals surface area contributed by atoms with Gasteiger partial charge in [-0.25, -0.2) is 8.42 Å². The number of likely N-dealkylation sites (N-methyl/N-ethyl adjacent to an activating group) is 1. The van der Waals surface area contributed by atoms with Gasteiger partial charge in [0.2, 0.25) is 0 Å². The fourth-order valence-corrected chi connectivity index (χ4v) is 5.76. The highest BCUT2D eigenvalue weighted by atomic mass is 79.9. The van der Waals surface area contributed by atoms with E-state index < -0.39 is 9.84 Å². The Morgan fingerprint density at radius 2 is 2.19 bits per heavy atom. The highest BCUT2D eigenvalue weighted by Gasteiger charge is 2.36. The van der Waals surface area contributed by atoms with E-state index in [1.165, 1.54) is 0 Å². The minimum atomic E-state index is -2.99. The summed E-state index contributed by atoms with van der Waals surface area (Å²) in [4.78, 5) is 0. The molecule has 2 heterocycles. The molecule has 5 nitrogen and oxygen atoms in total. The van der Waals surface area contributed by atoms with Crippen LogP contribution < -0.4 is 5.32 Å². The van der Waals surface area contributed by atoms with E-state index in [1.807, 2.05) is 25.6 Å². The molecule has 0 amide bonds. The number of aromatic nitrogens is 2. The molecule has 120 valence electrons. The molecule has 7 heteroatoms. The predicted molar refractivity (Wildman–Crippen MR) is 88.2 cm³/mol. The van der Waals surface area contributed by atoms with Crippen LogP contribution in [0.5, 0.6) is 0 Å². The van der Waals surface area contributed by atoms with E-state index in [9.17, 15) is 8.42 Å². The first-order chi connectivity index (χ1) is 9.86. The van der Waals surface area contributed by atoms with Gasteiger partial charge in [-0.05, 0) is 42.2 Å². The van der Waals surface area contributed by atoms with Crippen LogP contribution in [0.4, 0.5) is 0 Å². The van der Waals surface area contributed by atoms with Gasteiger partial charge in [0.1, 0.15) is 0 Å². The normalized spacial score (nSPS) is 23.1. The Morgan fingerprint density at radius 3 is 2.71 bits per heavy atom.